The molecule has 1 fully saturated rings. The Morgan fingerprint density at radius 2 is 1.88 bits per heavy atom. The second kappa shape index (κ2) is 7.89. The fraction of sp³-hybridized carbons (Fsp3) is 0.412. The number of amides is 2. The SMILES string of the molecule is NC(=O)CN1CCCN(C(=O)Cc2cnn(-c3ccccc3)n2)CC1. The molecule has 0 radical (unpaired) electrons. The smallest absolute Gasteiger partial charge is 0.231 e. The van der Waals surface area contributed by atoms with E-state index in [4.69, 9.17) is 5.73 Å². The van der Waals surface area contributed by atoms with Gasteiger partial charge in [0.1, 0.15) is 0 Å². The summed E-state index contributed by atoms with van der Waals surface area (Å²) in [5.74, 6) is -0.307. The summed E-state index contributed by atoms with van der Waals surface area (Å²) in [7, 11) is 0. The highest BCUT2D eigenvalue weighted by Gasteiger charge is 2.21. The Hall–Kier alpha value is -2.74. The number of carbonyl (C=O) groups is 2. The van der Waals surface area contributed by atoms with E-state index in [-0.39, 0.29) is 24.8 Å². The quantitative estimate of drug-likeness (QED) is 0.814. The zero-order valence-electron chi connectivity index (χ0n) is 14.0. The van der Waals surface area contributed by atoms with Crippen molar-refractivity contribution in [3.8, 4) is 5.69 Å². The van der Waals surface area contributed by atoms with Gasteiger partial charge in [0.25, 0.3) is 0 Å². The standard InChI is InChI=1S/C17H22N6O2/c18-16(24)13-21-7-4-8-22(10-9-21)17(25)11-14-12-19-23(20-14)15-5-2-1-3-6-15/h1-3,5-6,12H,4,7-11,13H2,(H2,18,24). The van der Waals surface area contributed by atoms with Gasteiger partial charge in [-0.15, -0.1) is 0 Å². The van der Waals surface area contributed by atoms with E-state index >= 15 is 0 Å². The van der Waals surface area contributed by atoms with Crippen LogP contribution in [0, 0.1) is 0 Å². The van der Waals surface area contributed by atoms with E-state index in [1.54, 1.807) is 6.20 Å². The maximum atomic E-state index is 12.5. The lowest BCUT2D eigenvalue weighted by molar-refractivity contribution is -0.130. The van der Waals surface area contributed by atoms with Crippen LogP contribution in [0.25, 0.3) is 5.69 Å². The fourth-order valence-electron chi connectivity index (χ4n) is 2.93. The van der Waals surface area contributed by atoms with Crippen molar-refractivity contribution < 1.29 is 9.59 Å². The first-order valence-electron chi connectivity index (χ1n) is 8.37. The van der Waals surface area contributed by atoms with Crippen molar-refractivity contribution in [2.24, 2.45) is 5.73 Å². The van der Waals surface area contributed by atoms with Gasteiger partial charge < -0.3 is 10.6 Å². The number of carbonyl (C=O) groups excluding carboxylic acids is 2. The van der Waals surface area contributed by atoms with Crippen LogP contribution in [0.15, 0.2) is 36.5 Å². The number of nitrogens with two attached hydrogens (primary N) is 1. The van der Waals surface area contributed by atoms with Crippen LogP contribution in [-0.4, -0.2) is 69.3 Å². The minimum absolute atomic E-state index is 0.0287. The third-order valence-electron chi connectivity index (χ3n) is 4.18. The van der Waals surface area contributed by atoms with Crippen molar-refractivity contribution in [2.45, 2.75) is 12.8 Å². The van der Waals surface area contributed by atoms with Crippen molar-refractivity contribution >= 4 is 11.8 Å². The third kappa shape index (κ3) is 4.63. The van der Waals surface area contributed by atoms with Crippen molar-refractivity contribution in [1.29, 1.82) is 0 Å². The Labute approximate surface area is 146 Å². The third-order valence-corrected chi connectivity index (χ3v) is 4.18. The molecule has 0 saturated carbocycles. The molecular weight excluding hydrogens is 320 g/mol. The highest BCUT2D eigenvalue weighted by molar-refractivity contribution is 5.78. The average Bonchev–Trinajstić information content (AvgIpc) is 2.94. The van der Waals surface area contributed by atoms with Gasteiger partial charge in [-0.3, -0.25) is 14.5 Å². The van der Waals surface area contributed by atoms with Crippen LogP contribution in [0.5, 0.6) is 0 Å². The van der Waals surface area contributed by atoms with Crippen LogP contribution in [-0.2, 0) is 16.0 Å². The number of para-hydroxylation sites is 1. The van der Waals surface area contributed by atoms with E-state index in [1.807, 2.05) is 40.1 Å². The molecule has 132 valence electrons. The molecular formula is C17H22N6O2. The Morgan fingerprint density at radius 1 is 1.08 bits per heavy atom. The van der Waals surface area contributed by atoms with Crippen molar-refractivity contribution in [2.75, 3.05) is 32.7 Å². The molecule has 2 aromatic rings. The van der Waals surface area contributed by atoms with Crippen molar-refractivity contribution in [3.05, 3.63) is 42.2 Å². The number of aromatic nitrogens is 3. The van der Waals surface area contributed by atoms with E-state index < -0.39 is 0 Å². The van der Waals surface area contributed by atoms with Gasteiger partial charge in [0, 0.05) is 26.2 Å². The van der Waals surface area contributed by atoms with Gasteiger partial charge in [-0.25, -0.2) is 0 Å². The lowest BCUT2D eigenvalue weighted by atomic mass is 10.3. The Morgan fingerprint density at radius 3 is 2.64 bits per heavy atom. The zero-order valence-corrected chi connectivity index (χ0v) is 14.0. The van der Waals surface area contributed by atoms with E-state index in [2.05, 4.69) is 10.2 Å². The molecule has 1 aromatic heterocycles. The molecule has 0 unspecified atom stereocenters. The van der Waals surface area contributed by atoms with Crippen molar-refractivity contribution in [1.82, 2.24) is 24.8 Å². The minimum Gasteiger partial charge on any atom is -0.369 e. The first-order chi connectivity index (χ1) is 12.1. The van der Waals surface area contributed by atoms with Crippen LogP contribution in [0.1, 0.15) is 12.1 Å². The largest absolute Gasteiger partial charge is 0.369 e. The van der Waals surface area contributed by atoms with E-state index in [1.165, 1.54) is 4.80 Å². The molecule has 0 atom stereocenters. The second-order valence-electron chi connectivity index (χ2n) is 6.11. The van der Waals surface area contributed by atoms with Gasteiger partial charge in [-0.1, -0.05) is 18.2 Å². The van der Waals surface area contributed by atoms with Gasteiger partial charge in [-0.05, 0) is 18.6 Å². The molecule has 2 amide bonds. The number of hydrogen-bond acceptors (Lipinski definition) is 5. The average molecular weight is 342 g/mol. The lowest BCUT2D eigenvalue weighted by Crippen LogP contribution is -2.38. The highest BCUT2D eigenvalue weighted by Crippen LogP contribution is 2.08. The van der Waals surface area contributed by atoms with E-state index in [0.717, 1.165) is 18.7 Å². The molecule has 0 aliphatic carbocycles. The topological polar surface area (TPSA) is 97.4 Å². The number of primary amides is 1. The molecule has 1 saturated heterocycles. The zero-order chi connectivity index (χ0) is 17.6. The predicted octanol–water partition coefficient (Wildman–Crippen LogP) is -0.171. The highest BCUT2D eigenvalue weighted by atomic mass is 16.2. The van der Waals surface area contributed by atoms with Gasteiger partial charge >= 0.3 is 0 Å². The van der Waals surface area contributed by atoms with Crippen LogP contribution in [0.2, 0.25) is 0 Å². The normalized spacial score (nSPS) is 15.8. The molecule has 1 aliphatic rings. The van der Waals surface area contributed by atoms with Crippen LogP contribution in [0.3, 0.4) is 0 Å². The molecule has 8 nitrogen and oxygen atoms in total. The summed E-state index contributed by atoms with van der Waals surface area (Å²) < 4.78 is 0. The molecule has 3 rings (SSSR count). The summed E-state index contributed by atoms with van der Waals surface area (Å²) in [6.07, 6.45) is 2.68. The minimum atomic E-state index is -0.336. The van der Waals surface area contributed by atoms with Crippen LogP contribution < -0.4 is 5.73 Å². The monoisotopic (exact) mass is 342 g/mol. The second-order valence-corrected chi connectivity index (χ2v) is 6.11. The number of nitrogens with zero attached hydrogens (tertiary/aromatic N) is 5. The molecule has 1 aliphatic heterocycles. The fourth-order valence-corrected chi connectivity index (χ4v) is 2.93. The summed E-state index contributed by atoms with van der Waals surface area (Å²) in [4.78, 5) is 28.9. The van der Waals surface area contributed by atoms with Gasteiger partial charge in [0.2, 0.25) is 11.8 Å². The van der Waals surface area contributed by atoms with E-state index in [9.17, 15) is 9.59 Å². The number of benzene rings is 1. The van der Waals surface area contributed by atoms with Gasteiger partial charge in [0.05, 0.1) is 30.5 Å². The molecule has 0 spiro atoms. The first kappa shape index (κ1) is 17.1. The van der Waals surface area contributed by atoms with Gasteiger partial charge in [0.15, 0.2) is 0 Å². The summed E-state index contributed by atoms with van der Waals surface area (Å²) in [5, 5.41) is 8.60. The maximum Gasteiger partial charge on any atom is 0.231 e. The molecule has 2 heterocycles. The Kier molecular flexibility index (Phi) is 5.39. The summed E-state index contributed by atoms with van der Waals surface area (Å²) in [6, 6.07) is 9.58. The molecule has 25 heavy (non-hydrogen) atoms. The van der Waals surface area contributed by atoms with Crippen molar-refractivity contribution in [3.63, 3.8) is 0 Å². The van der Waals surface area contributed by atoms with Crippen LogP contribution in [0.4, 0.5) is 0 Å². The summed E-state index contributed by atoms with van der Waals surface area (Å²) >= 11 is 0. The van der Waals surface area contributed by atoms with E-state index in [0.29, 0.717) is 25.3 Å². The number of hydrogen-bond donors (Lipinski definition) is 1. The maximum absolute atomic E-state index is 12.5. The summed E-state index contributed by atoms with van der Waals surface area (Å²) in [5.41, 5.74) is 6.75. The predicted molar refractivity (Wildman–Crippen MR) is 91.9 cm³/mol. The number of rotatable bonds is 5. The van der Waals surface area contributed by atoms with Gasteiger partial charge in [-0.2, -0.15) is 15.0 Å². The molecule has 8 heteroatoms. The first-order valence-corrected chi connectivity index (χ1v) is 8.37. The Bertz CT molecular complexity index is 730. The molecule has 0 bridgehead atoms. The Balaban J connectivity index is 1.57. The van der Waals surface area contributed by atoms with Crippen LogP contribution >= 0.6 is 0 Å². The molecule has 1 aromatic carbocycles. The lowest BCUT2D eigenvalue weighted by Gasteiger charge is -2.20. The molecule has 2 N–H and O–H groups in total. The summed E-state index contributed by atoms with van der Waals surface area (Å²) in [6.45, 7) is 2.95.